The van der Waals surface area contributed by atoms with Crippen LogP contribution in [0.2, 0.25) is 0 Å². The van der Waals surface area contributed by atoms with Crippen molar-refractivity contribution in [2.45, 2.75) is 25.4 Å². The molecule has 3 atom stereocenters. The minimum absolute atomic E-state index is 0.134. The van der Waals surface area contributed by atoms with Crippen LogP contribution < -0.4 is 5.32 Å². The summed E-state index contributed by atoms with van der Waals surface area (Å²) in [6.45, 7) is 2.24. The van der Waals surface area contributed by atoms with E-state index in [0.29, 0.717) is 12.3 Å². The van der Waals surface area contributed by atoms with E-state index in [0.717, 1.165) is 5.56 Å². The van der Waals surface area contributed by atoms with Crippen LogP contribution in [0.3, 0.4) is 0 Å². The largest absolute Gasteiger partial charge is 0.340 e. The van der Waals surface area contributed by atoms with Gasteiger partial charge in [0.2, 0.25) is 11.8 Å². The molecule has 0 saturated carbocycles. The predicted molar refractivity (Wildman–Crippen MR) is 82.1 cm³/mol. The van der Waals surface area contributed by atoms with Gasteiger partial charge in [-0.1, -0.05) is 30.3 Å². The van der Waals surface area contributed by atoms with E-state index >= 15 is 0 Å². The zero-order chi connectivity index (χ0) is 15.4. The molecule has 1 saturated heterocycles. The molecular formula is C15H20N2O3S. The van der Waals surface area contributed by atoms with Gasteiger partial charge in [0.15, 0.2) is 0 Å². The zero-order valence-electron chi connectivity index (χ0n) is 12.2. The molecular weight excluding hydrogens is 288 g/mol. The number of nitrogens with zero attached hydrogens (tertiary/aromatic N) is 1. The molecule has 1 fully saturated rings. The topological polar surface area (TPSA) is 66.5 Å². The zero-order valence-corrected chi connectivity index (χ0v) is 13.1. The molecule has 3 unspecified atom stereocenters. The predicted octanol–water partition coefficient (Wildman–Crippen LogP) is 0.843. The molecule has 2 rings (SSSR count). The average molecular weight is 308 g/mol. The van der Waals surface area contributed by atoms with Crippen molar-refractivity contribution in [3.05, 3.63) is 35.9 Å². The third-order valence-electron chi connectivity index (χ3n) is 3.56. The third-order valence-corrected chi connectivity index (χ3v) is 4.51. The Labute approximate surface area is 127 Å². The van der Waals surface area contributed by atoms with E-state index in [4.69, 9.17) is 0 Å². The van der Waals surface area contributed by atoms with Crippen LogP contribution in [0.25, 0.3) is 0 Å². The lowest BCUT2D eigenvalue weighted by atomic mass is 10.1. The molecule has 114 valence electrons. The van der Waals surface area contributed by atoms with E-state index in [-0.39, 0.29) is 24.3 Å². The van der Waals surface area contributed by atoms with Gasteiger partial charge in [-0.15, -0.1) is 0 Å². The number of carbonyl (C=O) groups is 2. The molecule has 1 aromatic rings. The third kappa shape index (κ3) is 3.91. The van der Waals surface area contributed by atoms with E-state index in [1.807, 2.05) is 37.3 Å². The van der Waals surface area contributed by atoms with E-state index in [2.05, 4.69) is 5.32 Å². The molecule has 1 aliphatic heterocycles. The molecule has 1 N–H and O–H groups in total. The number of hydrogen-bond acceptors (Lipinski definition) is 3. The SMILES string of the molecule is CC(CS(C)=O)N1CCC(=O)NC(c2ccccc2)C1=O. The first kappa shape index (κ1) is 15.7. The van der Waals surface area contributed by atoms with Crippen molar-refractivity contribution in [2.24, 2.45) is 0 Å². The van der Waals surface area contributed by atoms with Crippen molar-refractivity contribution >= 4 is 22.6 Å². The summed E-state index contributed by atoms with van der Waals surface area (Å²) in [5.74, 6) is 0.149. The van der Waals surface area contributed by atoms with Crippen LogP contribution in [-0.2, 0) is 20.4 Å². The van der Waals surface area contributed by atoms with Gasteiger partial charge < -0.3 is 10.2 Å². The van der Waals surface area contributed by atoms with E-state index in [1.165, 1.54) is 0 Å². The van der Waals surface area contributed by atoms with Crippen molar-refractivity contribution in [3.63, 3.8) is 0 Å². The number of benzene rings is 1. The highest BCUT2D eigenvalue weighted by molar-refractivity contribution is 7.84. The fourth-order valence-electron chi connectivity index (χ4n) is 2.53. The average Bonchev–Trinajstić information content (AvgIpc) is 2.58. The summed E-state index contributed by atoms with van der Waals surface area (Å²) in [5.41, 5.74) is 0.771. The first-order chi connectivity index (χ1) is 9.99. The Balaban J connectivity index is 2.26. The first-order valence-electron chi connectivity index (χ1n) is 6.94. The summed E-state index contributed by atoms with van der Waals surface area (Å²) in [5, 5.41) is 2.78. The molecule has 6 heteroatoms. The van der Waals surface area contributed by atoms with Gasteiger partial charge in [0.05, 0.1) is 0 Å². The van der Waals surface area contributed by atoms with Crippen molar-refractivity contribution in [2.75, 3.05) is 18.6 Å². The van der Waals surface area contributed by atoms with Crippen LogP contribution in [0.15, 0.2) is 30.3 Å². The van der Waals surface area contributed by atoms with Crippen LogP contribution in [0.4, 0.5) is 0 Å². The number of rotatable bonds is 4. The van der Waals surface area contributed by atoms with Gasteiger partial charge in [0, 0.05) is 41.8 Å². The second-order valence-corrected chi connectivity index (χ2v) is 6.76. The first-order valence-corrected chi connectivity index (χ1v) is 8.66. The van der Waals surface area contributed by atoms with Crippen LogP contribution in [0.5, 0.6) is 0 Å². The van der Waals surface area contributed by atoms with Gasteiger partial charge in [0.1, 0.15) is 6.04 Å². The summed E-state index contributed by atoms with van der Waals surface area (Å²) < 4.78 is 11.4. The van der Waals surface area contributed by atoms with Gasteiger partial charge in [-0.2, -0.15) is 0 Å². The number of carbonyl (C=O) groups excluding carboxylic acids is 2. The number of hydrogen-bond donors (Lipinski definition) is 1. The summed E-state index contributed by atoms with van der Waals surface area (Å²) in [6, 6.07) is 8.40. The Hall–Kier alpha value is -1.69. The molecule has 1 aliphatic rings. The van der Waals surface area contributed by atoms with Crippen molar-refractivity contribution in [1.29, 1.82) is 0 Å². The van der Waals surface area contributed by atoms with Crippen LogP contribution in [0, 0.1) is 0 Å². The molecule has 0 aromatic heterocycles. The normalized spacial score (nSPS) is 22.4. The molecule has 2 amide bonds. The molecule has 0 bridgehead atoms. The highest BCUT2D eigenvalue weighted by atomic mass is 32.2. The Morgan fingerprint density at radius 3 is 2.62 bits per heavy atom. The Bertz CT molecular complexity index is 547. The fraction of sp³-hybridized carbons (Fsp3) is 0.467. The lowest BCUT2D eigenvalue weighted by Gasteiger charge is -2.29. The number of amides is 2. The summed E-state index contributed by atoms with van der Waals surface area (Å²) in [4.78, 5) is 26.2. The van der Waals surface area contributed by atoms with Crippen LogP contribution in [-0.4, -0.2) is 45.5 Å². The molecule has 5 nitrogen and oxygen atoms in total. The van der Waals surface area contributed by atoms with E-state index in [1.54, 1.807) is 11.2 Å². The van der Waals surface area contributed by atoms with E-state index in [9.17, 15) is 13.8 Å². The summed E-state index contributed by atoms with van der Waals surface area (Å²) in [6.07, 6.45) is 1.90. The minimum Gasteiger partial charge on any atom is -0.340 e. The van der Waals surface area contributed by atoms with Crippen LogP contribution in [0.1, 0.15) is 24.9 Å². The summed E-state index contributed by atoms with van der Waals surface area (Å²) in [7, 11) is -0.982. The van der Waals surface area contributed by atoms with Gasteiger partial charge in [-0.25, -0.2) is 0 Å². The van der Waals surface area contributed by atoms with Gasteiger partial charge in [0.25, 0.3) is 0 Å². The smallest absolute Gasteiger partial charge is 0.250 e. The maximum absolute atomic E-state index is 12.7. The fourth-order valence-corrected chi connectivity index (χ4v) is 3.39. The van der Waals surface area contributed by atoms with Gasteiger partial charge in [-0.3, -0.25) is 13.8 Å². The van der Waals surface area contributed by atoms with Crippen molar-refractivity contribution < 1.29 is 13.8 Å². The van der Waals surface area contributed by atoms with Crippen LogP contribution >= 0.6 is 0 Å². The van der Waals surface area contributed by atoms with Gasteiger partial charge in [-0.05, 0) is 12.5 Å². The molecule has 1 heterocycles. The highest BCUT2D eigenvalue weighted by Crippen LogP contribution is 2.20. The van der Waals surface area contributed by atoms with Gasteiger partial charge >= 0.3 is 0 Å². The lowest BCUT2D eigenvalue weighted by molar-refractivity contribution is -0.135. The molecule has 21 heavy (non-hydrogen) atoms. The van der Waals surface area contributed by atoms with Crippen molar-refractivity contribution in [1.82, 2.24) is 10.2 Å². The number of nitrogens with one attached hydrogen (secondary N) is 1. The maximum Gasteiger partial charge on any atom is 0.250 e. The molecule has 0 spiro atoms. The maximum atomic E-state index is 12.7. The summed E-state index contributed by atoms with van der Waals surface area (Å²) >= 11 is 0. The standard InChI is InChI=1S/C15H20N2O3S/c1-11(10-21(2)20)17-9-8-13(18)16-14(15(17)19)12-6-4-3-5-7-12/h3-7,11,14H,8-10H2,1-2H3,(H,16,18). The highest BCUT2D eigenvalue weighted by Gasteiger charge is 2.33. The monoisotopic (exact) mass is 308 g/mol. The Morgan fingerprint density at radius 2 is 2.00 bits per heavy atom. The molecule has 1 aromatic carbocycles. The lowest BCUT2D eigenvalue weighted by Crippen LogP contribution is -2.45. The quantitative estimate of drug-likeness (QED) is 0.896. The molecule has 0 aliphatic carbocycles. The Kier molecular flexibility index (Phi) is 5.12. The second kappa shape index (κ2) is 6.85. The Morgan fingerprint density at radius 1 is 1.33 bits per heavy atom. The molecule has 0 radical (unpaired) electrons. The van der Waals surface area contributed by atoms with E-state index < -0.39 is 16.8 Å². The second-order valence-electron chi connectivity index (χ2n) is 5.28. The van der Waals surface area contributed by atoms with Crippen molar-refractivity contribution in [3.8, 4) is 0 Å². The minimum atomic E-state index is -0.982.